The average Bonchev–Trinajstić information content (AvgIpc) is 2.73. The molecule has 3 unspecified atom stereocenters. The Hall–Kier alpha value is -0.800. The number of hydrogen-bond donors (Lipinski definition) is 2. The number of rotatable bonds is 5. The van der Waals surface area contributed by atoms with Crippen LogP contribution in [0, 0.1) is 5.92 Å². The molecule has 0 amide bonds. The molecule has 3 heteroatoms. The highest BCUT2D eigenvalue weighted by Crippen LogP contribution is 2.47. The summed E-state index contributed by atoms with van der Waals surface area (Å²) in [4.78, 5) is 0. The Morgan fingerprint density at radius 3 is 2.93 bits per heavy atom. The fourth-order valence-electron chi connectivity index (χ4n) is 1.81. The van der Waals surface area contributed by atoms with Gasteiger partial charge in [-0.25, -0.2) is 0 Å². The highest BCUT2D eigenvalue weighted by molar-refractivity contribution is 5.17. The van der Waals surface area contributed by atoms with Crippen molar-refractivity contribution in [1.82, 2.24) is 5.32 Å². The van der Waals surface area contributed by atoms with E-state index in [9.17, 15) is 0 Å². The standard InChI is InChI=1S/C12H19NO2/c1-8-5-11(8)12-4-3-10(15-12)7-13-6-9(2)14/h3-4,8-9,11,13-14H,5-7H2,1-2H3. The van der Waals surface area contributed by atoms with E-state index >= 15 is 0 Å². The van der Waals surface area contributed by atoms with Gasteiger partial charge in [-0.1, -0.05) is 6.92 Å². The third-order valence-electron chi connectivity index (χ3n) is 2.90. The molecule has 1 aromatic heterocycles. The Kier molecular flexibility index (Phi) is 3.12. The first-order chi connectivity index (χ1) is 7.16. The van der Waals surface area contributed by atoms with E-state index in [-0.39, 0.29) is 6.10 Å². The van der Waals surface area contributed by atoms with E-state index in [1.165, 1.54) is 6.42 Å². The van der Waals surface area contributed by atoms with Crippen molar-refractivity contribution in [2.75, 3.05) is 6.54 Å². The van der Waals surface area contributed by atoms with E-state index in [1.807, 2.05) is 6.07 Å². The van der Waals surface area contributed by atoms with Crippen molar-refractivity contribution >= 4 is 0 Å². The Labute approximate surface area is 90.5 Å². The van der Waals surface area contributed by atoms with Gasteiger partial charge in [-0.15, -0.1) is 0 Å². The summed E-state index contributed by atoms with van der Waals surface area (Å²) in [7, 11) is 0. The van der Waals surface area contributed by atoms with Crippen LogP contribution in [0.4, 0.5) is 0 Å². The zero-order chi connectivity index (χ0) is 10.8. The highest BCUT2D eigenvalue weighted by Gasteiger charge is 2.36. The summed E-state index contributed by atoms with van der Waals surface area (Å²) < 4.78 is 5.72. The first-order valence-electron chi connectivity index (χ1n) is 5.64. The molecule has 0 spiro atoms. The summed E-state index contributed by atoms with van der Waals surface area (Å²) >= 11 is 0. The molecular weight excluding hydrogens is 190 g/mol. The van der Waals surface area contributed by atoms with Gasteiger partial charge in [0.05, 0.1) is 12.6 Å². The summed E-state index contributed by atoms with van der Waals surface area (Å²) in [6.45, 7) is 5.33. The molecule has 15 heavy (non-hydrogen) atoms. The quantitative estimate of drug-likeness (QED) is 0.778. The smallest absolute Gasteiger partial charge is 0.117 e. The third-order valence-corrected chi connectivity index (χ3v) is 2.90. The van der Waals surface area contributed by atoms with Crippen LogP contribution in [0.1, 0.15) is 37.7 Å². The monoisotopic (exact) mass is 209 g/mol. The normalized spacial score (nSPS) is 26.6. The van der Waals surface area contributed by atoms with Gasteiger partial charge in [0.2, 0.25) is 0 Å². The molecule has 0 aliphatic heterocycles. The molecule has 1 aromatic rings. The first-order valence-corrected chi connectivity index (χ1v) is 5.64. The van der Waals surface area contributed by atoms with Crippen LogP contribution in [0.15, 0.2) is 16.5 Å². The molecule has 84 valence electrons. The van der Waals surface area contributed by atoms with Gasteiger partial charge >= 0.3 is 0 Å². The van der Waals surface area contributed by atoms with Gasteiger partial charge in [0.25, 0.3) is 0 Å². The van der Waals surface area contributed by atoms with Crippen molar-refractivity contribution < 1.29 is 9.52 Å². The molecular formula is C12H19NO2. The van der Waals surface area contributed by atoms with E-state index < -0.39 is 0 Å². The summed E-state index contributed by atoms with van der Waals surface area (Å²) in [6.07, 6.45) is 0.955. The van der Waals surface area contributed by atoms with Gasteiger partial charge in [-0.2, -0.15) is 0 Å². The molecule has 0 radical (unpaired) electrons. The van der Waals surface area contributed by atoms with Gasteiger partial charge in [0, 0.05) is 12.5 Å². The minimum absolute atomic E-state index is 0.303. The van der Waals surface area contributed by atoms with Crippen LogP contribution in [-0.4, -0.2) is 17.8 Å². The van der Waals surface area contributed by atoms with E-state index in [4.69, 9.17) is 9.52 Å². The van der Waals surface area contributed by atoms with Gasteiger partial charge < -0.3 is 14.8 Å². The molecule has 3 atom stereocenters. The Bertz CT molecular complexity index is 319. The molecule has 2 rings (SSSR count). The third kappa shape index (κ3) is 2.83. The molecule has 0 aromatic carbocycles. The number of aliphatic hydroxyl groups is 1. The molecule has 3 nitrogen and oxygen atoms in total. The Morgan fingerprint density at radius 1 is 1.60 bits per heavy atom. The van der Waals surface area contributed by atoms with Crippen molar-refractivity contribution in [3.05, 3.63) is 23.7 Å². The van der Waals surface area contributed by atoms with Crippen LogP contribution in [0.25, 0.3) is 0 Å². The molecule has 0 bridgehead atoms. The van der Waals surface area contributed by atoms with Gasteiger partial charge in [-0.05, 0) is 31.4 Å². The van der Waals surface area contributed by atoms with Gasteiger partial charge in [-0.3, -0.25) is 0 Å². The fraction of sp³-hybridized carbons (Fsp3) is 0.667. The van der Waals surface area contributed by atoms with Crippen LogP contribution in [0.2, 0.25) is 0 Å². The van der Waals surface area contributed by atoms with Crippen LogP contribution >= 0.6 is 0 Å². The van der Waals surface area contributed by atoms with Crippen molar-refractivity contribution in [3.63, 3.8) is 0 Å². The number of furan rings is 1. The van der Waals surface area contributed by atoms with Crippen LogP contribution in [0.5, 0.6) is 0 Å². The predicted octanol–water partition coefficient (Wildman–Crippen LogP) is 1.87. The summed E-state index contributed by atoms with van der Waals surface area (Å²) in [5, 5.41) is 12.2. The molecule has 1 aliphatic carbocycles. The van der Waals surface area contributed by atoms with E-state index in [0.717, 1.165) is 17.4 Å². The lowest BCUT2D eigenvalue weighted by atomic mass is 10.3. The number of hydrogen-bond acceptors (Lipinski definition) is 3. The first kappa shape index (κ1) is 10.7. The van der Waals surface area contributed by atoms with Gasteiger partial charge in [0.15, 0.2) is 0 Å². The van der Waals surface area contributed by atoms with E-state index in [2.05, 4.69) is 18.3 Å². The maximum Gasteiger partial charge on any atom is 0.117 e. The van der Waals surface area contributed by atoms with Crippen molar-refractivity contribution in [2.45, 2.75) is 38.8 Å². The fourth-order valence-corrected chi connectivity index (χ4v) is 1.81. The lowest BCUT2D eigenvalue weighted by Gasteiger charge is -2.04. The Balaban J connectivity index is 1.80. The lowest BCUT2D eigenvalue weighted by Crippen LogP contribution is -2.23. The van der Waals surface area contributed by atoms with E-state index in [1.54, 1.807) is 6.92 Å². The van der Waals surface area contributed by atoms with Crippen LogP contribution in [-0.2, 0) is 6.54 Å². The van der Waals surface area contributed by atoms with Crippen LogP contribution in [0.3, 0.4) is 0 Å². The minimum Gasteiger partial charge on any atom is -0.464 e. The topological polar surface area (TPSA) is 45.4 Å². The SMILES string of the molecule is CC(O)CNCc1ccc(C2CC2C)o1. The molecule has 0 saturated heterocycles. The van der Waals surface area contributed by atoms with Crippen LogP contribution < -0.4 is 5.32 Å². The van der Waals surface area contributed by atoms with Crippen molar-refractivity contribution in [2.24, 2.45) is 5.92 Å². The summed E-state index contributed by atoms with van der Waals surface area (Å²) in [5.74, 6) is 3.52. The van der Waals surface area contributed by atoms with Crippen molar-refractivity contribution in [1.29, 1.82) is 0 Å². The minimum atomic E-state index is -0.303. The zero-order valence-corrected chi connectivity index (χ0v) is 9.36. The zero-order valence-electron chi connectivity index (χ0n) is 9.36. The maximum absolute atomic E-state index is 9.08. The molecule has 1 aliphatic rings. The summed E-state index contributed by atoms with van der Waals surface area (Å²) in [5.41, 5.74) is 0. The maximum atomic E-state index is 9.08. The average molecular weight is 209 g/mol. The second kappa shape index (κ2) is 4.37. The van der Waals surface area contributed by atoms with Gasteiger partial charge in [0.1, 0.15) is 11.5 Å². The largest absolute Gasteiger partial charge is 0.464 e. The number of aliphatic hydroxyl groups excluding tert-OH is 1. The Morgan fingerprint density at radius 2 is 2.33 bits per heavy atom. The summed E-state index contributed by atoms with van der Waals surface area (Å²) in [6, 6.07) is 4.10. The molecule has 2 N–H and O–H groups in total. The highest BCUT2D eigenvalue weighted by atomic mass is 16.3. The molecule has 1 heterocycles. The van der Waals surface area contributed by atoms with E-state index in [0.29, 0.717) is 19.0 Å². The number of nitrogens with one attached hydrogen (secondary N) is 1. The molecule has 1 fully saturated rings. The lowest BCUT2D eigenvalue weighted by molar-refractivity contribution is 0.190. The predicted molar refractivity (Wildman–Crippen MR) is 58.6 cm³/mol. The second-order valence-corrected chi connectivity index (χ2v) is 4.60. The van der Waals surface area contributed by atoms with Crippen molar-refractivity contribution in [3.8, 4) is 0 Å². The molecule has 1 saturated carbocycles. The second-order valence-electron chi connectivity index (χ2n) is 4.60.